The maximum Gasteiger partial charge on any atom is 0.262 e. The third-order valence-electron chi connectivity index (χ3n) is 4.60. The molecule has 1 N–H and O–H groups in total. The largest absolute Gasteiger partial charge is 0.467 e. The van der Waals surface area contributed by atoms with Crippen LogP contribution in [0.2, 0.25) is 0 Å². The number of aryl methyl sites for hydroxylation is 3. The molecule has 1 saturated heterocycles. The summed E-state index contributed by atoms with van der Waals surface area (Å²) in [6, 6.07) is 7.60. The number of nitrogens with zero attached hydrogens (tertiary/aromatic N) is 3. The van der Waals surface area contributed by atoms with Crippen LogP contribution in [-0.4, -0.2) is 35.6 Å². The van der Waals surface area contributed by atoms with Gasteiger partial charge < -0.3 is 15.0 Å². The maximum atomic E-state index is 12.2. The summed E-state index contributed by atoms with van der Waals surface area (Å²) in [6.45, 7) is 7.83. The molecule has 0 atom stereocenters. The number of ether oxygens (including phenoxy) is 1. The van der Waals surface area contributed by atoms with Gasteiger partial charge in [-0.25, -0.2) is 4.98 Å². The molecule has 0 saturated carbocycles. The Bertz CT molecular complexity index is 785. The Morgan fingerprint density at radius 3 is 2.58 bits per heavy atom. The van der Waals surface area contributed by atoms with Gasteiger partial charge in [-0.1, -0.05) is 6.07 Å². The molecule has 6 heteroatoms. The maximum absolute atomic E-state index is 12.2. The van der Waals surface area contributed by atoms with E-state index in [0.29, 0.717) is 11.8 Å². The van der Waals surface area contributed by atoms with Crippen LogP contribution in [0.25, 0.3) is 0 Å². The molecule has 0 bridgehead atoms. The summed E-state index contributed by atoms with van der Waals surface area (Å²) in [5.41, 5.74) is 3.95. The lowest BCUT2D eigenvalue weighted by Gasteiger charge is -2.26. The molecule has 2 heterocycles. The van der Waals surface area contributed by atoms with E-state index in [2.05, 4.69) is 20.2 Å². The first-order chi connectivity index (χ1) is 12.5. The standard InChI is InChI=1S/C20H26N4O2/c1-14-7-8-17(11-15(14)2)22-18(25)13-26-19-12-16(3)21-20(23-19)24-9-5-4-6-10-24/h7-8,11-12H,4-6,9-10,13H2,1-3H3,(H,22,25). The fourth-order valence-corrected chi connectivity index (χ4v) is 2.99. The molecule has 1 fully saturated rings. The number of carbonyl (C=O) groups is 1. The fourth-order valence-electron chi connectivity index (χ4n) is 2.99. The number of hydrogen-bond donors (Lipinski definition) is 1. The Balaban J connectivity index is 1.60. The van der Waals surface area contributed by atoms with Crippen molar-refractivity contribution < 1.29 is 9.53 Å². The minimum atomic E-state index is -0.205. The SMILES string of the molecule is Cc1cc(OCC(=O)Nc2ccc(C)c(C)c2)nc(N2CCCCC2)n1. The number of piperidine rings is 1. The van der Waals surface area contributed by atoms with Crippen LogP contribution in [0.3, 0.4) is 0 Å². The van der Waals surface area contributed by atoms with Crippen LogP contribution in [0.15, 0.2) is 24.3 Å². The number of carbonyl (C=O) groups excluding carboxylic acids is 1. The number of hydrogen-bond acceptors (Lipinski definition) is 5. The number of amides is 1. The fraction of sp³-hybridized carbons (Fsp3) is 0.450. The summed E-state index contributed by atoms with van der Waals surface area (Å²) in [4.78, 5) is 23.3. The van der Waals surface area contributed by atoms with Crippen LogP contribution < -0.4 is 15.0 Å². The van der Waals surface area contributed by atoms with Gasteiger partial charge in [-0.05, 0) is 63.3 Å². The second-order valence-corrected chi connectivity index (χ2v) is 6.83. The number of nitrogens with one attached hydrogen (secondary N) is 1. The summed E-state index contributed by atoms with van der Waals surface area (Å²) < 4.78 is 5.62. The highest BCUT2D eigenvalue weighted by molar-refractivity contribution is 5.91. The molecule has 1 amide bonds. The molecule has 1 aliphatic rings. The molecule has 1 aromatic carbocycles. The summed E-state index contributed by atoms with van der Waals surface area (Å²) in [5, 5.41) is 2.86. The van der Waals surface area contributed by atoms with Crippen molar-refractivity contribution in [3.63, 3.8) is 0 Å². The summed E-state index contributed by atoms with van der Waals surface area (Å²) in [6.07, 6.45) is 3.57. The average molecular weight is 354 g/mol. The van der Waals surface area contributed by atoms with E-state index in [4.69, 9.17) is 4.74 Å². The van der Waals surface area contributed by atoms with E-state index in [1.165, 1.54) is 12.0 Å². The highest BCUT2D eigenvalue weighted by atomic mass is 16.5. The monoisotopic (exact) mass is 354 g/mol. The van der Waals surface area contributed by atoms with Gasteiger partial charge >= 0.3 is 0 Å². The van der Waals surface area contributed by atoms with Crippen molar-refractivity contribution in [2.24, 2.45) is 0 Å². The number of rotatable bonds is 5. The molecule has 0 spiro atoms. The normalized spacial score (nSPS) is 14.2. The van der Waals surface area contributed by atoms with Crippen molar-refractivity contribution in [1.29, 1.82) is 0 Å². The smallest absolute Gasteiger partial charge is 0.262 e. The van der Waals surface area contributed by atoms with Crippen LogP contribution in [0.5, 0.6) is 5.88 Å². The van der Waals surface area contributed by atoms with Gasteiger partial charge in [0.1, 0.15) is 0 Å². The summed E-state index contributed by atoms with van der Waals surface area (Å²) in [7, 11) is 0. The predicted octanol–water partition coefficient (Wildman–Crippen LogP) is 3.41. The molecular formula is C20H26N4O2. The topological polar surface area (TPSA) is 67.3 Å². The van der Waals surface area contributed by atoms with Crippen LogP contribution in [0, 0.1) is 20.8 Å². The minimum Gasteiger partial charge on any atom is -0.467 e. The Morgan fingerprint density at radius 1 is 1.08 bits per heavy atom. The lowest BCUT2D eigenvalue weighted by Crippen LogP contribution is -2.31. The van der Waals surface area contributed by atoms with Gasteiger partial charge in [0.25, 0.3) is 5.91 Å². The van der Waals surface area contributed by atoms with Crippen molar-refractivity contribution in [3.8, 4) is 5.88 Å². The van der Waals surface area contributed by atoms with Gasteiger partial charge in [-0.15, -0.1) is 0 Å². The van der Waals surface area contributed by atoms with E-state index < -0.39 is 0 Å². The van der Waals surface area contributed by atoms with Gasteiger partial charge in [-0.3, -0.25) is 4.79 Å². The molecule has 1 aromatic heterocycles. The van der Waals surface area contributed by atoms with Gasteiger partial charge in [0.2, 0.25) is 11.8 Å². The Morgan fingerprint density at radius 2 is 1.85 bits per heavy atom. The van der Waals surface area contributed by atoms with E-state index in [9.17, 15) is 4.79 Å². The lowest BCUT2D eigenvalue weighted by atomic mass is 10.1. The number of aromatic nitrogens is 2. The van der Waals surface area contributed by atoms with Crippen molar-refractivity contribution in [2.45, 2.75) is 40.0 Å². The zero-order valence-corrected chi connectivity index (χ0v) is 15.7. The zero-order valence-electron chi connectivity index (χ0n) is 15.7. The highest BCUT2D eigenvalue weighted by Crippen LogP contribution is 2.19. The second-order valence-electron chi connectivity index (χ2n) is 6.83. The van der Waals surface area contributed by atoms with Gasteiger partial charge in [0.15, 0.2) is 6.61 Å². The molecule has 26 heavy (non-hydrogen) atoms. The molecule has 2 aromatic rings. The number of anilines is 2. The third-order valence-corrected chi connectivity index (χ3v) is 4.60. The van der Waals surface area contributed by atoms with E-state index in [1.54, 1.807) is 6.07 Å². The van der Waals surface area contributed by atoms with Gasteiger partial charge in [0, 0.05) is 30.5 Å². The van der Waals surface area contributed by atoms with Crippen LogP contribution in [0.4, 0.5) is 11.6 Å². The zero-order chi connectivity index (χ0) is 18.5. The molecule has 138 valence electrons. The first-order valence-electron chi connectivity index (χ1n) is 9.12. The molecule has 0 aliphatic carbocycles. The number of benzene rings is 1. The van der Waals surface area contributed by atoms with Crippen molar-refractivity contribution in [2.75, 3.05) is 29.9 Å². The quantitative estimate of drug-likeness (QED) is 0.891. The molecule has 3 rings (SSSR count). The van der Waals surface area contributed by atoms with Crippen molar-refractivity contribution in [1.82, 2.24) is 9.97 Å². The second kappa shape index (κ2) is 8.17. The Kier molecular flexibility index (Phi) is 5.71. The molecule has 0 radical (unpaired) electrons. The van der Waals surface area contributed by atoms with Crippen LogP contribution in [0.1, 0.15) is 36.1 Å². The van der Waals surface area contributed by atoms with Gasteiger partial charge in [0.05, 0.1) is 0 Å². The van der Waals surface area contributed by atoms with Crippen molar-refractivity contribution >= 4 is 17.5 Å². The van der Waals surface area contributed by atoms with E-state index in [0.717, 1.165) is 42.9 Å². The average Bonchev–Trinajstić information content (AvgIpc) is 2.63. The van der Waals surface area contributed by atoms with Crippen LogP contribution >= 0.6 is 0 Å². The first-order valence-corrected chi connectivity index (χ1v) is 9.12. The van der Waals surface area contributed by atoms with Crippen LogP contribution in [-0.2, 0) is 4.79 Å². The molecular weight excluding hydrogens is 328 g/mol. The Hall–Kier alpha value is -2.63. The highest BCUT2D eigenvalue weighted by Gasteiger charge is 2.15. The lowest BCUT2D eigenvalue weighted by molar-refractivity contribution is -0.118. The molecule has 0 unspecified atom stereocenters. The van der Waals surface area contributed by atoms with Crippen molar-refractivity contribution in [3.05, 3.63) is 41.1 Å². The van der Waals surface area contributed by atoms with E-state index in [-0.39, 0.29) is 12.5 Å². The molecule has 6 nitrogen and oxygen atoms in total. The molecule has 1 aliphatic heterocycles. The van der Waals surface area contributed by atoms with E-state index in [1.807, 2.05) is 39.0 Å². The first kappa shape index (κ1) is 18.2. The summed E-state index contributed by atoms with van der Waals surface area (Å²) in [5.74, 6) is 0.923. The minimum absolute atomic E-state index is 0.0805. The Labute approximate surface area is 154 Å². The third kappa shape index (κ3) is 4.71. The van der Waals surface area contributed by atoms with E-state index >= 15 is 0 Å². The predicted molar refractivity (Wildman–Crippen MR) is 103 cm³/mol. The van der Waals surface area contributed by atoms with Gasteiger partial charge in [-0.2, -0.15) is 4.98 Å². The summed E-state index contributed by atoms with van der Waals surface area (Å²) >= 11 is 0.